The highest BCUT2D eigenvalue weighted by atomic mass is 79.9. The zero-order valence-electron chi connectivity index (χ0n) is 15.1. The van der Waals surface area contributed by atoms with Crippen molar-refractivity contribution in [2.24, 2.45) is 0 Å². The van der Waals surface area contributed by atoms with Crippen LogP contribution in [0.3, 0.4) is 0 Å². The first kappa shape index (κ1) is 20.2. The Morgan fingerprint density at radius 2 is 2.21 bits per heavy atom. The molecule has 1 amide bonds. The predicted octanol–water partition coefficient (Wildman–Crippen LogP) is 3.91. The molecule has 0 saturated carbocycles. The number of hydrogen-bond acceptors (Lipinski definition) is 7. The molecule has 1 N–H and O–H groups in total. The van der Waals surface area contributed by atoms with Crippen LogP contribution in [0.15, 0.2) is 50.1 Å². The lowest BCUT2D eigenvalue weighted by atomic mass is 10.0. The number of aryl methyl sites for hydroxylation is 1. The van der Waals surface area contributed by atoms with Crippen molar-refractivity contribution in [3.63, 3.8) is 0 Å². The van der Waals surface area contributed by atoms with Crippen LogP contribution in [-0.2, 0) is 20.7 Å². The quantitative estimate of drug-likeness (QED) is 0.508. The van der Waals surface area contributed by atoms with Crippen LogP contribution in [0.2, 0.25) is 0 Å². The summed E-state index contributed by atoms with van der Waals surface area (Å²) >= 11 is 4.95. The van der Waals surface area contributed by atoms with Crippen molar-refractivity contribution < 1.29 is 18.8 Å². The minimum atomic E-state index is -0.485. The Labute approximate surface area is 174 Å². The summed E-state index contributed by atoms with van der Waals surface area (Å²) in [5.41, 5.74) is 1.70. The van der Waals surface area contributed by atoms with Gasteiger partial charge in [0.25, 0.3) is 0 Å². The standard InChI is InChI=1S/C19H18BrN3O4S/c1-26-18(25)10-15(12-3-2-4-14(20)9-12)21-16(24)5-6-17-22-19(23-27-17)13-7-8-28-11-13/h2-4,7-9,11,15H,5-6,10H2,1H3,(H,21,24). The van der Waals surface area contributed by atoms with Crippen LogP contribution < -0.4 is 5.32 Å². The van der Waals surface area contributed by atoms with E-state index < -0.39 is 12.0 Å². The third-order valence-electron chi connectivity index (χ3n) is 4.00. The smallest absolute Gasteiger partial charge is 0.307 e. The van der Waals surface area contributed by atoms with E-state index in [1.807, 2.05) is 41.1 Å². The highest BCUT2D eigenvalue weighted by Gasteiger charge is 2.20. The third-order valence-corrected chi connectivity index (χ3v) is 5.17. The second kappa shape index (κ2) is 9.61. The molecule has 2 aromatic heterocycles. The summed E-state index contributed by atoms with van der Waals surface area (Å²) in [7, 11) is 1.32. The first-order valence-corrected chi connectivity index (χ1v) is 10.3. The maximum absolute atomic E-state index is 12.4. The largest absolute Gasteiger partial charge is 0.469 e. The molecule has 146 valence electrons. The summed E-state index contributed by atoms with van der Waals surface area (Å²) < 4.78 is 10.8. The molecule has 3 aromatic rings. The number of halogens is 1. The van der Waals surface area contributed by atoms with Crippen molar-refractivity contribution in [3.8, 4) is 11.4 Å². The average molecular weight is 464 g/mol. The Kier molecular flexibility index (Phi) is 6.94. The molecule has 3 rings (SSSR count). The number of benzene rings is 1. The number of nitrogens with zero attached hydrogens (tertiary/aromatic N) is 2. The van der Waals surface area contributed by atoms with Gasteiger partial charge in [0.15, 0.2) is 0 Å². The Morgan fingerprint density at radius 1 is 1.36 bits per heavy atom. The molecule has 0 saturated heterocycles. The molecule has 2 heterocycles. The van der Waals surface area contributed by atoms with E-state index >= 15 is 0 Å². The second-order valence-corrected chi connectivity index (χ2v) is 7.67. The number of thiophene rings is 1. The number of rotatable bonds is 8. The van der Waals surface area contributed by atoms with Crippen LogP contribution in [0.4, 0.5) is 0 Å². The van der Waals surface area contributed by atoms with Crippen LogP contribution >= 0.6 is 27.3 Å². The normalized spacial score (nSPS) is 11.8. The van der Waals surface area contributed by atoms with Crippen LogP contribution in [0, 0.1) is 0 Å². The Hall–Kier alpha value is -2.52. The summed E-state index contributed by atoms with van der Waals surface area (Å²) in [4.78, 5) is 28.5. The molecule has 0 aliphatic heterocycles. The maximum Gasteiger partial charge on any atom is 0.307 e. The van der Waals surface area contributed by atoms with Crippen LogP contribution in [0.25, 0.3) is 11.4 Å². The molecule has 1 aromatic carbocycles. The Bertz CT molecular complexity index is 942. The van der Waals surface area contributed by atoms with Gasteiger partial charge in [0.1, 0.15) is 0 Å². The lowest BCUT2D eigenvalue weighted by molar-refractivity contribution is -0.141. The Morgan fingerprint density at radius 3 is 2.93 bits per heavy atom. The zero-order chi connectivity index (χ0) is 19.9. The maximum atomic E-state index is 12.4. The zero-order valence-corrected chi connectivity index (χ0v) is 17.5. The molecule has 0 aliphatic rings. The van der Waals surface area contributed by atoms with E-state index in [0.717, 1.165) is 15.6 Å². The molecule has 9 heteroatoms. The van der Waals surface area contributed by atoms with Crippen LogP contribution in [-0.4, -0.2) is 29.1 Å². The molecule has 1 atom stereocenters. The minimum absolute atomic E-state index is 0.0432. The van der Waals surface area contributed by atoms with E-state index in [1.165, 1.54) is 7.11 Å². The number of methoxy groups -OCH3 is 1. The van der Waals surface area contributed by atoms with E-state index in [9.17, 15) is 9.59 Å². The highest BCUT2D eigenvalue weighted by Crippen LogP contribution is 2.22. The summed E-state index contributed by atoms with van der Waals surface area (Å²) in [6, 6.07) is 8.85. The van der Waals surface area contributed by atoms with Crippen molar-refractivity contribution in [1.29, 1.82) is 0 Å². The van der Waals surface area contributed by atoms with Gasteiger partial charge in [-0.05, 0) is 29.1 Å². The number of amides is 1. The number of nitrogens with one attached hydrogen (secondary N) is 1. The average Bonchev–Trinajstić information content (AvgIpc) is 3.37. The first-order chi connectivity index (χ1) is 13.5. The predicted molar refractivity (Wildman–Crippen MR) is 108 cm³/mol. The second-order valence-electron chi connectivity index (χ2n) is 5.98. The summed E-state index contributed by atoms with van der Waals surface area (Å²) in [6.07, 6.45) is 0.519. The molecular formula is C19H18BrN3O4S. The van der Waals surface area contributed by atoms with Crippen LogP contribution in [0.5, 0.6) is 0 Å². The van der Waals surface area contributed by atoms with Gasteiger partial charge >= 0.3 is 5.97 Å². The molecule has 1 unspecified atom stereocenters. The van der Waals surface area contributed by atoms with Crippen molar-refractivity contribution in [3.05, 3.63) is 57.0 Å². The molecule has 7 nitrogen and oxygen atoms in total. The van der Waals surface area contributed by atoms with Gasteiger partial charge in [-0.2, -0.15) is 16.3 Å². The van der Waals surface area contributed by atoms with E-state index in [2.05, 4.69) is 31.4 Å². The van der Waals surface area contributed by atoms with Gasteiger partial charge < -0.3 is 14.6 Å². The monoisotopic (exact) mass is 463 g/mol. The number of esters is 1. The van der Waals surface area contributed by atoms with Crippen molar-refractivity contribution in [2.75, 3.05) is 7.11 Å². The van der Waals surface area contributed by atoms with Crippen molar-refractivity contribution in [1.82, 2.24) is 15.5 Å². The number of hydrogen-bond donors (Lipinski definition) is 1. The van der Waals surface area contributed by atoms with Gasteiger partial charge in [0.2, 0.25) is 17.6 Å². The number of ether oxygens (including phenoxy) is 1. The third kappa shape index (κ3) is 5.49. The summed E-state index contributed by atoms with van der Waals surface area (Å²) in [5.74, 6) is 0.282. The fourth-order valence-electron chi connectivity index (χ4n) is 2.58. The Balaban J connectivity index is 1.61. The summed E-state index contributed by atoms with van der Waals surface area (Å²) in [6.45, 7) is 0. The molecule has 0 radical (unpaired) electrons. The van der Waals surface area contributed by atoms with E-state index in [4.69, 9.17) is 9.26 Å². The molecule has 0 aliphatic carbocycles. The van der Waals surface area contributed by atoms with Gasteiger partial charge in [0.05, 0.1) is 19.6 Å². The van der Waals surface area contributed by atoms with Gasteiger partial charge in [-0.3, -0.25) is 9.59 Å². The minimum Gasteiger partial charge on any atom is -0.469 e. The molecular weight excluding hydrogens is 446 g/mol. The molecule has 0 bridgehead atoms. The fourth-order valence-corrected chi connectivity index (χ4v) is 3.63. The van der Waals surface area contributed by atoms with Gasteiger partial charge in [-0.25, -0.2) is 0 Å². The molecule has 0 fully saturated rings. The number of aromatic nitrogens is 2. The highest BCUT2D eigenvalue weighted by molar-refractivity contribution is 9.10. The molecule has 28 heavy (non-hydrogen) atoms. The van der Waals surface area contributed by atoms with Gasteiger partial charge in [-0.15, -0.1) is 0 Å². The van der Waals surface area contributed by atoms with E-state index in [-0.39, 0.29) is 18.7 Å². The van der Waals surface area contributed by atoms with Gasteiger partial charge in [0, 0.05) is 28.3 Å². The SMILES string of the molecule is COC(=O)CC(NC(=O)CCc1nc(-c2ccsc2)no1)c1cccc(Br)c1. The lowest BCUT2D eigenvalue weighted by Crippen LogP contribution is -2.30. The lowest BCUT2D eigenvalue weighted by Gasteiger charge is -2.18. The van der Waals surface area contributed by atoms with Crippen LogP contribution in [0.1, 0.15) is 30.3 Å². The van der Waals surface area contributed by atoms with E-state index in [1.54, 1.807) is 11.3 Å². The first-order valence-electron chi connectivity index (χ1n) is 8.52. The topological polar surface area (TPSA) is 94.3 Å². The molecule has 0 spiro atoms. The number of carbonyl (C=O) groups excluding carboxylic acids is 2. The van der Waals surface area contributed by atoms with Gasteiger partial charge in [-0.1, -0.05) is 33.2 Å². The fraction of sp³-hybridized carbons (Fsp3) is 0.263. The van der Waals surface area contributed by atoms with Crippen molar-refractivity contribution in [2.45, 2.75) is 25.3 Å². The summed E-state index contributed by atoms with van der Waals surface area (Å²) in [5, 5.41) is 10.7. The van der Waals surface area contributed by atoms with E-state index in [0.29, 0.717) is 18.1 Å². The van der Waals surface area contributed by atoms with Crippen molar-refractivity contribution >= 4 is 39.1 Å². The number of carbonyl (C=O) groups is 2.